The smallest absolute Gasteiger partial charge is 0.320 e. The van der Waals surface area contributed by atoms with Gasteiger partial charge in [0, 0.05) is 0 Å². The summed E-state index contributed by atoms with van der Waals surface area (Å²) in [6, 6.07) is 0.403. The van der Waals surface area contributed by atoms with Crippen molar-refractivity contribution in [1.29, 1.82) is 0 Å². The van der Waals surface area contributed by atoms with Gasteiger partial charge < -0.3 is 9.47 Å². The molecular formula is C13H21IN2O2. The summed E-state index contributed by atoms with van der Waals surface area (Å²) in [6.07, 6.45) is 2.13. The monoisotopic (exact) mass is 364 g/mol. The molecule has 5 heteroatoms. The van der Waals surface area contributed by atoms with Crippen LogP contribution in [0, 0.1) is 10.5 Å². The van der Waals surface area contributed by atoms with E-state index >= 15 is 0 Å². The summed E-state index contributed by atoms with van der Waals surface area (Å²) in [5.41, 5.74) is 0.891. The predicted octanol–water partition coefficient (Wildman–Crippen LogP) is 3.74. The fraction of sp³-hybridized carbons (Fsp3) is 0.692. The Labute approximate surface area is 123 Å². The molecule has 2 atom stereocenters. The molecule has 2 unspecified atom stereocenters. The molecule has 4 nitrogen and oxygen atoms in total. The molecule has 1 aromatic heterocycles. The van der Waals surface area contributed by atoms with Crippen LogP contribution in [-0.2, 0) is 0 Å². The maximum absolute atomic E-state index is 5.79. The molecule has 0 saturated carbocycles. The third-order valence-electron chi connectivity index (χ3n) is 2.74. The van der Waals surface area contributed by atoms with Crippen LogP contribution in [0.1, 0.15) is 46.2 Å². The van der Waals surface area contributed by atoms with Gasteiger partial charge in [0.1, 0.15) is 0 Å². The Balaban J connectivity index is 2.95. The molecule has 0 aliphatic rings. The van der Waals surface area contributed by atoms with E-state index in [-0.39, 0.29) is 12.2 Å². The molecule has 1 rings (SSSR count). The highest BCUT2D eigenvalue weighted by atomic mass is 127. The number of ether oxygens (including phenoxy) is 2. The molecule has 0 aliphatic heterocycles. The molecule has 18 heavy (non-hydrogen) atoms. The van der Waals surface area contributed by atoms with E-state index in [1.54, 1.807) is 0 Å². The van der Waals surface area contributed by atoms with Crippen molar-refractivity contribution in [3.63, 3.8) is 0 Å². The molecule has 0 aliphatic carbocycles. The summed E-state index contributed by atoms with van der Waals surface area (Å²) in [5, 5.41) is 0. The molecule has 1 aromatic rings. The van der Waals surface area contributed by atoms with Crippen LogP contribution in [0.2, 0.25) is 0 Å². The van der Waals surface area contributed by atoms with Gasteiger partial charge in [-0.05, 0) is 56.2 Å². The van der Waals surface area contributed by atoms with Gasteiger partial charge in [0.25, 0.3) is 0 Å². The lowest BCUT2D eigenvalue weighted by molar-refractivity contribution is 0.180. The molecule has 102 valence electrons. The number of rotatable bonds is 6. The third kappa shape index (κ3) is 4.26. The zero-order valence-corrected chi connectivity index (χ0v) is 13.8. The zero-order chi connectivity index (χ0) is 13.7. The Bertz CT molecular complexity index is 399. The van der Waals surface area contributed by atoms with E-state index < -0.39 is 0 Å². The first-order valence-electron chi connectivity index (χ1n) is 6.35. The Morgan fingerprint density at radius 1 is 1.06 bits per heavy atom. The summed E-state index contributed by atoms with van der Waals surface area (Å²) in [7, 11) is 0. The summed E-state index contributed by atoms with van der Waals surface area (Å²) in [5.74, 6) is 0.621. The average molecular weight is 364 g/mol. The first-order chi connectivity index (χ1) is 8.47. The molecule has 0 bridgehead atoms. The first kappa shape index (κ1) is 15.5. The van der Waals surface area contributed by atoms with Crippen LogP contribution in [0.15, 0.2) is 0 Å². The fourth-order valence-corrected chi connectivity index (χ4v) is 1.54. The lowest BCUT2D eigenvalue weighted by Gasteiger charge is -2.16. The van der Waals surface area contributed by atoms with Crippen molar-refractivity contribution >= 4 is 22.6 Å². The second-order valence-corrected chi connectivity index (χ2v) is 5.46. The van der Waals surface area contributed by atoms with Crippen LogP contribution in [0.4, 0.5) is 0 Å². The summed E-state index contributed by atoms with van der Waals surface area (Å²) in [6.45, 7) is 10.1. The van der Waals surface area contributed by atoms with Crippen molar-refractivity contribution in [2.24, 2.45) is 0 Å². The van der Waals surface area contributed by atoms with E-state index in [0.29, 0.717) is 11.9 Å². The van der Waals surface area contributed by atoms with Crippen LogP contribution >= 0.6 is 22.6 Å². The van der Waals surface area contributed by atoms with Crippen molar-refractivity contribution in [2.75, 3.05) is 0 Å². The van der Waals surface area contributed by atoms with E-state index in [1.165, 1.54) is 0 Å². The van der Waals surface area contributed by atoms with Gasteiger partial charge in [-0.2, -0.15) is 9.97 Å². The van der Waals surface area contributed by atoms with Crippen LogP contribution in [-0.4, -0.2) is 22.2 Å². The lowest BCUT2D eigenvalue weighted by Crippen LogP contribution is -2.16. The highest BCUT2D eigenvalue weighted by Crippen LogP contribution is 2.25. The quantitative estimate of drug-likeness (QED) is 0.722. The summed E-state index contributed by atoms with van der Waals surface area (Å²) < 4.78 is 12.4. The van der Waals surface area contributed by atoms with E-state index in [0.717, 1.165) is 22.1 Å². The normalized spacial score (nSPS) is 14.1. The molecule has 0 fully saturated rings. The summed E-state index contributed by atoms with van der Waals surface area (Å²) in [4.78, 5) is 8.68. The topological polar surface area (TPSA) is 44.2 Å². The van der Waals surface area contributed by atoms with Gasteiger partial charge in [0.15, 0.2) is 0 Å². The molecule has 0 amide bonds. The van der Waals surface area contributed by atoms with Crippen molar-refractivity contribution in [3.05, 3.63) is 9.26 Å². The predicted molar refractivity (Wildman–Crippen MR) is 80.2 cm³/mol. The van der Waals surface area contributed by atoms with E-state index in [1.807, 2.05) is 20.8 Å². The summed E-state index contributed by atoms with van der Waals surface area (Å²) >= 11 is 2.21. The molecule has 0 N–H and O–H groups in total. The van der Waals surface area contributed by atoms with Gasteiger partial charge in [0.2, 0.25) is 5.88 Å². The number of aryl methyl sites for hydroxylation is 1. The number of halogens is 1. The maximum Gasteiger partial charge on any atom is 0.320 e. The minimum Gasteiger partial charge on any atom is -0.474 e. The largest absolute Gasteiger partial charge is 0.474 e. The second-order valence-electron chi connectivity index (χ2n) is 4.38. The van der Waals surface area contributed by atoms with E-state index in [9.17, 15) is 0 Å². The van der Waals surface area contributed by atoms with Gasteiger partial charge >= 0.3 is 6.01 Å². The van der Waals surface area contributed by atoms with Crippen LogP contribution in [0.25, 0.3) is 0 Å². The SMILES string of the molecule is CCC(C)Oc1nc(C)c(I)c(OC(C)CC)n1. The molecule has 0 saturated heterocycles. The average Bonchev–Trinajstić information content (AvgIpc) is 2.34. The van der Waals surface area contributed by atoms with E-state index in [4.69, 9.17) is 9.47 Å². The highest BCUT2D eigenvalue weighted by molar-refractivity contribution is 14.1. The van der Waals surface area contributed by atoms with E-state index in [2.05, 4.69) is 46.4 Å². The van der Waals surface area contributed by atoms with Gasteiger partial charge in [-0.15, -0.1) is 0 Å². The second kappa shape index (κ2) is 7.11. The minimum absolute atomic E-state index is 0.112. The van der Waals surface area contributed by atoms with Crippen molar-refractivity contribution in [2.45, 2.75) is 59.7 Å². The maximum atomic E-state index is 5.79. The first-order valence-corrected chi connectivity index (χ1v) is 7.43. The van der Waals surface area contributed by atoms with Gasteiger partial charge in [-0.25, -0.2) is 0 Å². The Hall–Kier alpha value is -0.590. The van der Waals surface area contributed by atoms with Crippen LogP contribution in [0.5, 0.6) is 11.9 Å². The molecular weight excluding hydrogens is 343 g/mol. The standard InChI is InChI=1S/C13H21IN2O2/c1-6-8(3)17-12-11(14)10(5)15-13(16-12)18-9(4)7-2/h8-9H,6-7H2,1-5H3. The van der Waals surface area contributed by atoms with Crippen LogP contribution in [0.3, 0.4) is 0 Å². The fourth-order valence-electron chi connectivity index (χ4n) is 1.18. The minimum atomic E-state index is 0.112. The Morgan fingerprint density at radius 2 is 1.61 bits per heavy atom. The lowest BCUT2D eigenvalue weighted by atomic mass is 10.3. The third-order valence-corrected chi connectivity index (χ3v) is 3.98. The molecule has 0 spiro atoms. The Morgan fingerprint density at radius 3 is 2.17 bits per heavy atom. The van der Waals surface area contributed by atoms with Crippen molar-refractivity contribution < 1.29 is 9.47 Å². The van der Waals surface area contributed by atoms with Crippen LogP contribution < -0.4 is 9.47 Å². The highest BCUT2D eigenvalue weighted by Gasteiger charge is 2.14. The van der Waals surface area contributed by atoms with Gasteiger partial charge in [-0.1, -0.05) is 13.8 Å². The zero-order valence-electron chi connectivity index (χ0n) is 11.7. The number of hydrogen-bond donors (Lipinski definition) is 0. The number of nitrogens with zero attached hydrogens (tertiary/aromatic N) is 2. The number of aromatic nitrogens is 2. The van der Waals surface area contributed by atoms with Crippen molar-refractivity contribution in [3.8, 4) is 11.9 Å². The van der Waals surface area contributed by atoms with Gasteiger partial charge in [0.05, 0.1) is 21.5 Å². The van der Waals surface area contributed by atoms with Crippen molar-refractivity contribution in [1.82, 2.24) is 9.97 Å². The molecule has 0 radical (unpaired) electrons. The Kier molecular flexibility index (Phi) is 6.11. The van der Waals surface area contributed by atoms with Gasteiger partial charge in [-0.3, -0.25) is 0 Å². The number of hydrogen-bond acceptors (Lipinski definition) is 4. The molecule has 0 aromatic carbocycles. The molecule has 1 heterocycles.